The van der Waals surface area contributed by atoms with Gasteiger partial charge < -0.3 is 36.2 Å². The topological polar surface area (TPSA) is 203 Å². The van der Waals surface area contributed by atoms with E-state index in [4.69, 9.17) is 0 Å². The van der Waals surface area contributed by atoms with E-state index in [2.05, 4.69) is 36.3 Å². The number of amides is 1. The molecule has 14 heteroatoms. The maximum atomic E-state index is 13.3. The fourth-order valence-corrected chi connectivity index (χ4v) is 12.8. The Morgan fingerprint density at radius 1 is 0.763 bits per heavy atom. The minimum absolute atomic E-state index is 0.0166. The number of anilines is 1. The summed E-state index contributed by atoms with van der Waals surface area (Å²) in [6.45, 7) is 10.2. The van der Waals surface area contributed by atoms with Crippen molar-refractivity contribution in [2.75, 3.05) is 70.8 Å². The summed E-state index contributed by atoms with van der Waals surface area (Å²) in [5.41, 5.74) is 2.04. The highest BCUT2D eigenvalue weighted by Gasteiger charge is 2.62. The van der Waals surface area contributed by atoms with Crippen LogP contribution in [0.2, 0.25) is 0 Å². The summed E-state index contributed by atoms with van der Waals surface area (Å²) in [4.78, 5) is 53.6. The van der Waals surface area contributed by atoms with Crippen LogP contribution in [0.4, 0.5) is 5.69 Å². The van der Waals surface area contributed by atoms with Crippen molar-refractivity contribution in [3.8, 4) is 0 Å². The molecule has 5 aliphatic rings. The number of aliphatic carboxylic acids is 3. The average molecular weight is 826 g/mol. The lowest BCUT2D eigenvalue weighted by Gasteiger charge is -2.62. The second-order valence-corrected chi connectivity index (χ2v) is 19.5. The van der Waals surface area contributed by atoms with Gasteiger partial charge in [-0.15, -0.1) is 0 Å². The highest BCUT2D eigenvalue weighted by Crippen LogP contribution is 2.68. The van der Waals surface area contributed by atoms with Crippen LogP contribution in [0.25, 0.3) is 0 Å². The molecular weight excluding hydrogens is 755 g/mol. The standard InChI is InChI=1S/C45H71N5O9/c1-29(35-9-10-36-43-37(13-15-45(35,36)3)44(2)14-12-34(51)23-31(44)24-38(43)52)4-11-39(53)47-32-7-5-30(6-8-32)22-33(46-25-40(54)55)26-48-16-18-49(27-41(56)57)20-21-50(19-17-48)28-42(58)59/h5-8,29,31,33-38,43,46,51-52H,4,9-28H2,1-3H3,(H,47,53)(H,54,55)(H,56,57)(H,58,59)/t29?,31?,33?,34-,35-,36?,37?,38-,43?,44+,45-/m1/s1. The largest absolute Gasteiger partial charge is 0.480 e. The van der Waals surface area contributed by atoms with Gasteiger partial charge in [0.05, 0.1) is 31.8 Å². The van der Waals surface area contributed by atoms with Crippen LogP contribution in [0.3, 0.4) is 0 Å². The van der Waals surface area contributed by atoms with Gasteiger partial charge in [0.2, 0.25) is 5.91 Å². The van der Waals surface area contributed by atoms with Gasteiger partial charge in [0, 0.05) is 64.0 Å². The van der Waals surface area contributed by atoms with Crippen LogP contribution in [0, 0.1) is 46.3 Å². The lowest BCUT2D eigenvalue weighted by atomic mass is 9.43. The van der Waals surface area contributed by atoms with Gasteiger partial charge in [-0.3, -0.25) is 33.9 Å². The molecule has 11 atom stereocenters. The predicted octanol–water partition coefficient (Wildman–Crippen LogP) is 3.71. The van der Waals surface area contributed by atoms with E-state index in [1.54, 1.807) is 9.80 Å². The third-order valence-electron chi connectivity index (χ3n) is 15.9. The Labute approximate surface area is 350 Å². The molecule has 1 heterocycles. The van der Waals surface area contributed by atoms with Crippen molar-refractivity contribution in [2.24, 2.45) is 46.3 Å². The van der Waals surface area contributed by atoms with Crippen molar-refractivity contribution in [3.63, 3.8) is 0 Å². The molecule has 1 amide bonds. The first-order chi connectivity index (χ1) is 28.0. The minimum Gasteiger partial charge on any atom is -0.480 e. The van der Waals surface area contributed by atoms with Crippen molar-refractivity contribution in [1.82, 2.24) is 20.0 Å². The molecule has 4 aliphatic carbocycles. The Balaban J connectivity index is 1.01. The molecule has 59 heavy (non-hydrogen) atoms. The zero-order valence-corrected chi connectivity index (χ0v) is 35.6. The Morgan fingerprint density at radius 2 is 1.36 bits per heavy atom. The average Bonchev–Trinajstić information content (AvgIpc) is 3.56. The van der Waals surface area contributed by atoms with Gasteiger partial charge in [0.15, 0.2) is 0 Å². The number of hydrogen-bond donors (Lipinski definition) is 7. The number of carboxylic acid groups (broad SMARTS) is 3. The number of carbonyl (C=O) groups is 4. The van der Waals surface area contributed by atoms with Gasteiger partial charge in [0.1, 0.15) is 0 Å². The Kier molecular flexibility index (Phi) is 15.2. The molecule has 0 bridgehead atoms. The summed E-state index contributed by atoms with van der Waals surface area (Å²) in [5.74, 6) is -0.221. The maximum absolute atomic E-state index is 13.3. The zero-order chi connectivity index (χ0) is 42.5. The van der Waals surface area contributed by atoms with E-state index in [0.717, 1.165) is 56.9 Å². The molecule has 0 spiro atoms. The minimum atomic E-state index is -0.974. The molecular formula is C45H71N5O9. The number of rotatable bonds is 16. The van der Waals surface area contributed by atoms with Gasteiger partial charge in [-0.2, -0.15) is 0 Å². The van der Waals surface area contributed by atoms with Crippen molar-refractivity contribution in [2.45, 2.75) is 110 Å². The molecule has 1 saturated heterocycles. The van der Waals surface area contributed by atoms with Crippen molar-refractivity contribution in [3.05, 3.63) is 29.8 Å². The van der Waals surface area contributed by atoms with Gasteiger partial charge >= 0.3 is 17.9 Å². The number of benzene rings is 1. The van der Waals surface area contributed by atoms with Crippen LogP contribution < -0.4 is 10.6 Å². The summed E-state index contributed by atoms with van der Waals surface area (Å²) >= 11 is 0. The molecule has 0 aromatic heterocycles. The molecule has 14 nitrogen and oxygen atoms in total. The molecule has 1 aromatic carbocycles. The van der Waals surface area contributed by atoms with Crippen molar-refractivity contribution in [1.29, 1.82) is 0 Å². The van der Waals surface area contributed by atoms with E-state index in [-0.39, 0.29) is 54.6 Å². The zero-order valence-electron chi connectivity index (χ0n) is 35.6. The van der Waals surface area contributed by atoms with Crippen LogP contribution in [0.1, 0.15) is 90.5 Å². The number of carbonyl (C=O) groups excluding carboxylic acids is 1. The van der Waals surface area contributed by atoms with Crippen LogP contribution in [0.5, 0.6) is 0 Å². The number of fused-ring (bicyclic) bond motifs is 5. The van der Waals surface area contributed by atoms with E-state index < -0.39 is 17.9 Å². The predicted molar refractivity (Wildman–Crippen MR) is 224 cm³/mol. The quantitative estimate of drug-likeness (QED) is 0.127. The Morgan fingerprint density at radius 3 is 1.97 bits per heavy atom. The lowest BCUT2D eigenvalue weighted by Crippen LogP contribution is -2.58. The smallest absolute Gasteiger partial charge is 0.317 e. The first-order valence-electron chi connectivity index (χ1n) is 22.3. The number of aliphatic hydroxyl groups is 2. The lowest BCUT2D eigenvalue weighted by molar-refractivity contribution is -0.174. The number of nitrogens with one attached hydrogen (secondary N) is 2. The summed E-state index contributed by atoms with van der Waals surface area (Å²) in [6, 6.07) is 7.41. The molecule has 4 saturated carbocycles. The SMILES string of the molecule is CC(CCC(=O)Nc1ccc(CC(CN2CCN(CC(=O)O)CCN(CC(=O)O)CC2)NCC(=O)O)cc1)[C@H]1CCC2C3C(CC[C@@]21C)[C@@]1(C)CC[C@@H](O)CC1C[C@H]3O. The molecule has 6 unspecified atom stereocenters. The summed E-state index contributed by atoms with van der Waals surface area (Å²) < 4.78 is 0. The fraction of sp³-hybridized carbons (Fsp3) is 0.778. The Bertz CT molecular complexity index is 1590. The highest BCUT2D eigenvalue weighted by molar-refractivity contribution is 5.90. The molecule has 5 fully saturated rings. The van der Waals surface area contributed by atoms with Gasteiger partial charge in [-0.05, 0) is 128 Å². The molecule has 1 aliphatic heterocycles. The Hall–Kier alpha value is -3.14. The third-order valence-corrected chi connectivity index (χ3v) is 15.9. The number of hydrogen-bond acceptors (Lipinski definition) is 10. The fourth-order valence-electron chi connectivity index (χ4n) is 12.8. The van der Waals surface area contributed by atoms with E-state index in [1.165, 1.54) is 6.42 Å². The van der Waals surface area contributed by atoms with E-state index in [1.807, 2.05) is 24.3 Å². The monoisotopic (exact) mass is 826 g/mol. The normalized spacial score (nSPS) is 34.2. The van der Waals surface area contributed by atoms with Crippen LogP contribution in [0.15, 0.2) is 24.3 Å². The summed E-state index contributed by atoms with van der Waals surface area (Å²) in [6.07, 6.45) is 9.43. The van der Waals surface area contributed by atoms with Crippen LogP contribution >= 0.6 is 0 Å². The third kappa shape index (κ3) is 11.2. The second kappa shape index (κ2) is 19.7. The first kappa shape index (κ1) is 45.4. The molecule has 0 radical (unpaired) electrons. The van der Waals surface area contributed by atoms with Crippen LogP contribution in [-0.4, -0.2) is 148 Å². The number of aliphatic hydroxyl groups excluding tert-OH is 2. The van der Waals surface area contributed by atoms with E-state index >= 15 is 0 Å². The van der Waals surface area contributed by atoms with Gasteiger partial charge in [0.25, 0.3) is 0 Å². The molecule has 6 rings (SSSR count). The van der Waals surface area contributed by atoms with E-state index in [0.29, 0.717) is 99.8 Å². The molecule has 1 aromatic rings. The van der Waals surface area contributed by atoms with Gasteiger partial charge in [-0.25, -0.2) is 0 Å². The summed E-state index contributed by atoms with van der Waals surface area (Å²) in [5, 5.41) is 56.6. The van der Waals surface area contributed by atoms with Gasteiger partial charge in [-0.1, -0.05) is 32.9 Å². The molecule has 7 N–H and O–H groups in total. The maximum Gasteiger partial charge on any atom is 0.317 e. The van der Waals surface area contributed by atoms with Crippen molar-refractivity contribution < 1.29 is 44.7 Å². The van der Waals surface area contributed by atoms with E-state index in [9.17, 15) is 44.7 Å². The first-order valence-corrected chi connectivity index (χ1v) is 22.3. The number of carboxylic acids is 3. The molecule has 330 valence electrons. The number of nitrogens with zero attached hydrogens (tertiary/aromatic N) is 3. The second-order valence-electron chi connectivity index (χ2n) is 19.5. The summed E-state index contributed by atoms with van der Waals surface area (Å²) in [7, 11) is 0. The van der Waals surface area contributed by atoms with Crippen LogP contribution in [-0.2, 0) is 25.6 Å². The van der Waals surface area contributed by atoms with Crippen molar-refractivity contribution >= 4 is 29.5 Å². The highest BCUT2D eigenvalue weighted by atomic mass is 16.4.